The van der Waals surface area contributed by atoms with Crippen molar-refractivity contribution in [3.05, 3.63) is 42.3 Å². The molecule has 0 bridgehead atoms. The van der Waals surface area contributed by atoms with E-state index in [0.717, 1.165) is 57.7 Å². The molecule has 8 heteroatoms. The van der Waals surface area contributed by atoms with Gasteiger partial charge in [0.15, 0.2) is 11.6 Å². The summed E-state index contributed by atoms with van der Waals surface area (Å²) in [5.41, 5.74) is 2.75. The first-order chi connectivity index (χ1) is 17.8. The Labute approximate surface area is 203 Å². The Bertz CT molecular complexity index is 1250. The number of ether oxygens (including phenoxy) is 2. The Balaban J connectivity index is 1.54. The zero-order valence-electron chi connectivity index (χ0n) is 22.4. The summed E-state index contributed by atoms with van der Waals surface area (Å²) in [4.78, 5) is 11.6. The molecule has 1 unspecified atom stereocenters. The average Bonchev–Trinajstić information content (AvgIpc) is 3.27. The molecule has 2 saturated heterocycles. The van der Waals surface area contributed by atoms with Crippen molar-refractivity contribution in [1.82, 2.24) is 20.6 Å². The number of aromatic nitrogens is 2. The lowest BCUT2D eigenvalue weighted by atomic mass is 9.80. The number of nitrogens with one attached hydrogen (secondary N) is 2. The smallest absolute Gasteiger partial charge is 0.165 e. The molecule has 2 aromatic heterocycles. The van der Waals surface area contributed by atoms with Crippen LogP contribution in [0.25, 0.3) is 22.3 Å². The molecule has 4 heterocycles. The zero-order valence-corrected chi connectivity index (χ0v) is 19.4. The van der Waals surface area contributed by atoms with Crippen LogP contribution < -0.4 is 25.0 Å². The van der Waals surface area contributed by atoms with Crippen LogP contribution in [0.1, 0.15) is 23.4 Å². The molecule has 5 rings (SSSR count). The van der Waals surface area contributed by atoms with Crippen molar-refractivity contribution in [1.29, 1.82) is 0 Å². The molecule has 1 atom stereocenters. The molecular weight excluding hydrogens is 433 g/mol. The molecule has 1 spiro atoms. The molecule has 1 aromatic carbocycles. The highest BCUT2D eigenvalue weighted by Crippen LogP contribution is 2.42. The minimum atomic E-state index is -2.77. The van der Waals surface area contributed by atoms with E-state index >= 15 is 0 Å². The lowest BCUT2D eigenvalue weighted by Crippen LogP contribution is -2.41. The second kappa shape index (κ2) is 9.72. The molecule has 2 aliphatic heterocycles. The van der Waals surface area contributed by atoms with Crippen LogP contribution in [0, 0.1) is 11.2 Å². The van der Waals surface area contributed by atoms with Crippen LogP contribution in [-0.4, -0.2) is 63.4 Å². The Kier molecular flexibility index (Phi) is 5.53. The Morgan fingerprint density at radius 1 is 1.26 bits per heavy atom. The average molecular weight is 469 g/mol. The van der Waals surface area contributed by atoms with Crippen molar-refractivity contribution in [2.45, 2.75) is 19.3 Å². The van der Waals surface area contributed by atoms with Crippen molar-refractivity contribution in [2.24, 2.45) is 5.41 Å². The number of rotatable bonds is 7. The lowest BCUT2D eigenvalue weighted by molar-refractivity contribution is 0.239. The van der Waals surface area contributed by atoms with Crippen molar-refractivity contribution >= 4 is 16.6 Å². The Morgan fingerprint density at radius 3 is 2.97 bits per heavy atom. The van der Waals surface area contributed by atoms with Gasteiger partial charge in [-0.1, -0.05) is 0 Å². The van der Waals surface area contributed by atoms with Gasteiger partial charge in [0.05, 0.1) is 34.3 Å². The number of methoxy groups -OCH3 is 1. The van der Waals surface area contributed by atoms with Crippen LogP contribution in [-0.2, 0) is 0 Å². The monoisotopic (exact) mass is 468 g/mol. The van der Waals surface area contributed by atoms with E-state index in [1.165, 1.54) is 12.1 Å². The highest BCUT2D eigenvalue weighted by Gasteiger charge is 2.39. The summed E-state index contributed by atoms with van der Waals surface area (Å²) in [5, 5.41) is 7.18. The quantitative estimate of drug-likeness (QED) is 0.513. The minimum Gasteiger partial charge on any atom is -0.494 e. The standard InChI is InChI=1S/C26H32FN5O2/c1-28-9-11-34-18-4-5-21(30-15-18)23-13-24(19-12-20(27)25(33-2)14-22(19)31-23)32-10-7-26(17-32)6-3-8-29-16-26/h4-5,12-15,28-29H,3,6-11,16-17H2,1-2H3/i2D3. The van der Waals surface area contributed by atoms with E-state index in [2.05, 4.69) is 20.5 Å². The first-order valence-corrected chi connectivity index (χ1v) is 11.8. The Morgan fingerprint density at radius 2 is 2.21 bits per heavy atom. The summed E-state index contributed by atoms with van der Waals surface area (Å²) in [7, 11) is -0.907. The van der Waals surface area contributed by atoms with E-state index in [9.17, 15) is 4.39 Å². The molecular formula is C26H32FN5O2. The summed E-state index contributed by atoms with van der Waals surface area (Å²) in [5.74, 6) is -0.422. The van der Waals surface area contributed by atoms with Gasteiger partial charge in [-0.05, 0) is 57.1 Å². The lowest BCUT2D eigenvalue weighted by Gasteiger charge is -2.34. The van der Waals surface area contributed by atoms with Gasteiger partial charge in [0.25, 0.3) is 0 Å². The number of piperidine rings is 1. The summed E-state index contributed by atoms with van der Waals surface area (Å²) in [6.07, 6.45) is 5.02. The molecule has 34 heavy (non-hydrogen) atoms. The summed E-state index contributed by atoms with van der Waals surface area (Å²) < 4.78 is 47.8. The highest BCUT2D eigenvalue weighted by molar-refractivity contribution is 5.95. The normalized spacial score (nSPS) is 21.9. The molecule has 180 valence electrons. The molecule has 0 radical (unpaired) electrons. The van der Waals surface area contributed by atoms with Crippen LogP contribution in [0.15, 0.2) is 36.5 Å². The Hall–Kier alpha value is -2.97. The maximum atomic E-state index is 15.0. The molecule has 0 amide bonds. The number of likely N-dealkylation sites (N-methyl/N-ethyl adjacent to an activating group) is 1. The van der Waals surface area contributed by atoms with Gasteiger partial charge in [0.1, 0.15) is 12.4 Å². The number of halogens is 1. The molecule has 0 aliphatic carbocycles. The third kappa shape index (κ3) is 4.52. The maximum Gasteiger partial charge on any atom is 0.165 e. The van der Waals surface area contributed by atoms with E-state index in [1.54, 1.807) is 6.20 Å². The van der Waals surface area contributed by atoms with Crippen molar-refractivity contribution in [2.75, 3.05) is 58.3 Å². The molecule has 2 fully saturated rings. The first kappa shape index (κ1) is 19.3. The summed E-state index contributed by atoms with van der Waals surface area (Å²) in [6.45, 7) is 4.98. The highest BCUT2D eigenvalue weighted by atomic mass is 19.1. The largest absolute Gasteiger partial charge is 0.494 e. The van der Waals surface area contributed by atoms with Crippen molar-refractivity contribution in [3.63, 3.8) is 0 Å². The molecule has 2 aliphatic rings. The number of benzene rings is 1. The second-order valence-corrected chi connectivity index (χ2v) is 9.21. The minimum absolute atomic E-state index is 0.196. The molecule has 0 saturated carbocycles. The fourth-order valence-electron chi connectivity index (χ4n) is 5.09. The topological polar surface area (TPSA) is 71.5 Å². The predicted octanol–water partition coefficient (Wildman–Crippen LogP) is 3.62. The zero-order chi connectivity index (χ0) is 26.0. The van der Waals surface area contributed by atoms with E-state index < -0.39 is 12.9 Å². The number of hydrogen-bond donors (Lipinski definition) is 2. The van der Waals surface area contributed by atoms with Crippen LogP contribution in [0.3, 0.4) is 0 Å². The van der Waals surface area contributed by atoms with Crippen LogP contribution in [0.2, 0.25) is 0 Å². The number of hydrogen-bond acceptors (Lipinski definition) is 7. The summed E-state index contributed by atoms with van der Waals surface area (Å²) >= 11 is 0. The predicted molar refractivity (Wildman–Crippen MR) is 132 cm³/mol. The van der Waals surface area contributed by atoms with Crippen LogP contribution in [0.4, 0.5) is 10.1 Å². The van der Waals surface area contributed by atoms with Gasteiger partial charge in [-0.2, -0.15) is 0 Å². The fourth-order valence-corrected chi connectivity index (χ4v) is 5.09. The third-order valence-electron chi connectivity index (χ3n) is 6.91. The number of pyridine rings is 2. The number of fused-ring (bicyclic) bond motifs is 1. The van der Waals surface area contributed by atoms with Crippen LogP contribution in [0.5, 0.6) is 11.5 Å². The molecule has 7 nitrogen and oxygen atoms in total. The van der Waals surface area contributed by atoms with E-state index in [4.69, 9.17) is 18.6 Å². The number of anilines is 1. The van der Waals surface area contributed by atoms with Gasteiger partial charge in [-0.15, -0.1) is 0 Å². The van der Waals surface area contributed by atoms with E-state index in [1.807, 2.05) is 25.2 Å². The summed E-state index contributed by atoms with van der Waals surface area (Å²) in [6, 6.07) is 8.33. The van der Waals surface area contributed by atoms with Gasteiger partial charge in [-0.25, -0.2) is 9.37 Å². The maximum absolute atomic E-state index is 15.0. The fraction of sp³-hybridized carbons (Fsp3) is 0.462. The SMILES string of the molecule is [2H]C([2H])([2H])Oc1cc2nc(-c3ccc(OCCNC)cn3)cc(N3CCC4(CCCNC4)C3)c2cc1F. The van der Waals surface area contributed by atoms with Crippen molar-refractivity contribution in [3.8, 4) is 22.9 Å². The van der Waals surface area contributed by atoms with Crippen molar-refractivity contribution < 1.29 is 18.0 Å². The first-order valence-electron chi connectivity index (χ1n) is 13.3. The second-order valence-electron chi connectivity index (χ2n) is 9.21. The van der Waals surface area contributed by atoms with E-state index in [-0.39, 0.29) is 11.2 Å². The van der Waals surface area contributed by atoms with Gasteiger partial charge >= 0.3 is 0 Å². The molecule has 2 N–H and O–H groups in total. The number of nitrogens with zero attached hydrogens (tertiary/aromatic N) is 3. The van der Waals surface area contributed by atoms with Gasteiger partial charge in [-0.3, -0.25) is 4.98 Å². The van der Waals surface area contributed by atoms with Crippen LogP contribution >= 0.6 is 0 Å². The molecule has 3 aromatic rings. The third-order valence-corrected chi connectivity index (χ3v) is 6.91. The van der Waals surface area contributed by atoms with Gasteiger partial charge in [0.2, 0.25) is 0 Å². The van der Waals surface area contributed by atoms with Gasteiger partial charge < -0.3 is 25.0 Å². The van der Waals surface area contributed by atoms with Gasteiger partial charge in [0, 0.05) is 48.7 Å². The van der Waals surface area contributed by atoms with E-state index in [0.29, 0.717) is 34.6 Å².